The molecule has 1 heterocycles. The van der Waals surface area contributed by atoms with Gasteiger partial charge in [-0.15, -0.1) is 11.8 Å². The van der Waals surface area contributed by atoms with E-state index in [0.29, 0.717) is 5.75 Å². The Balaban J connectivity index is 2.01. The monoisotopic (exact) mass is 253 g/mol. The van der Waals surface area contributed by atoms with Gasteiger partial charge in [-0.05, 0) is 18.8 Å². The Morgan fingerprint density at radius 3 is 2.94 bits per heavy atom. The summed E-state index contributed by atoms with van der Waals surface area (Å²) in [7, 11) is 1.37. The molecule has 0 spiro atoms. The van der Waals surface area contributed by atoms with E-state index in [1.807, 2.05) is 0 Å². The number of rotatable bonds is 5. The molecule has 0 radical (unpaired) electrons. The van der Waals surface area contributed by atoms with E-state index in [9.17, 15) is 4.79 Å². The van der Waals surface area contributed by atoms with Crippen LogP contribution in [0.15, 0.2) is 23.6 Å². The Labute approximate surface area is 104 Å². The van der Waals surface area contributed by atoms with Crippen LogP contribution < -0.4 is 5.73 Å². The highest BCUT2D eigenvalue weighted by molar-refractivity contribution is 7.99. The first kappa shape index (κ1) is 12.3. The second-order valence-electron chi connectivity index (χ2n) is 4.14. The van der Waals surface area contributed by atoms with E-state index in [1.54, 1.807) is 18.6 Å². The number of carbonyl (C=O) groups excluding carboxylic acids is 1. The molecule has 2 N–H and O–H groups in total. The maximum Gasteiger partial charge on any atom is 0.327 e. The summed E-state index contributed by atoms with van der Waals surface area (Å²) < 4.78 is 4.79. The van der Waals surface area contributed by atoms with Gasteiger partial charge in [0.05, 0.1) is 13.3 Å². The molecular formula is C11H15N3O2S. The van der Waals surface area contributed by atoms with Gasteiger partial charge in [-0.25, -0.2) is 4.98 Å². The van der Waals surface area contributed by atoms with Gasteiger partial charge in [-0.1, -0.05) is 0 Å². The third kappa shape index (κ3) is 2.76. The van der Waals surface area contributed by atoms with Crippen molar-refractivity contribution in [3.63, 3.8) is 0 Å². The molecular weight excluding hydrogens is 238 g/mol. The molecule has 1 aliphatic rings. The molecule has 1 saturated carbocycles. The molecule has 1 aliphatic carbocycles. The number of thioether (sulfide) groups is 1. The summed E-state index contributed by atoms with van der Waals surface area (Å²) in [4.78, 5) is 19.8. The molecule has 0 bridgehead atoms. The molecule has 5 nitrogen and oxygen atoms in total. The summed E-state index contributed by atoms with van der Waals surface area (Å²) >= 11 is 1.44. The molecule has 0 amide bonds. The first-order valence-corrected chi connectivity index (χ1v) is 6.41. The number of ether oxygens (including phenoxy) is 1. The third-order valence-electron chi connectivity index (χ3n) is 2.87. The normalized spacial score (nSPS) is 18.5. The Morgan fingerprint density at radius 1 is 1.65 bits per heavy atom. The van der Waals surface area contributed by atoms with Crippen molar-refractivity contribution in [1.82, 2.24) is 9.97 Å². The average Bonchev–Trinajstić information content (AvgIpc) is 3.20. The number of nitrogens with zero attached hydrogens (tertiary/aromatic N) is 2. The predicted molar refractivity (Wildman–Crippen MR) is 64.4 cm³/mol. The summed E-state index contributed by atoms with van der Waals surface area (Å²) in [6.45, 7) is 0. The van der Waals surface area contributed by atoms with Crippen molar-refractivity contribution in [2.45, 2.75) is 23.4 Å². The lowest BCUT2D eigenvalue weighted by molar-refractivity contribution is -0.146. The van der Waals surface area contributed by atoms with Gasteiger partial charge in [0.25, 0.3) is 0 Å². The van der Waals surface area contributed by atoms with Gasteiger partial charge in [0, 0.05) is 18.1 Å². The van der Waals surface area contributed by atoms with Gasteiger partial charge in [-0.3, -0.25) is 9.78 Å². The van der Waals surface area contributed by atoms with Crippen molar-refractivity contribution >= 4 is 17.7 Å². The topological polar surface area (TPSA) is 78.1 Å². The average molecular weight is 253 g/mol. The minimum absolute atomic E-state index is 0.235. The van der Waals surface area contributed by atoms with Gasteiger partial charge in [0.1, 0.15) is 10.6 Å². The van der Waals surface area contributed by atoms with Crippen molar-refractivity contribution in [2.75, 3.05) is 12.9 Å². The minimum atomic E-state index is -0.892. The predicted octanol–water partition coefficient (Wildman–Crippen LogP) is 0.849. The van der Waals surface area contributed by atoms with Crippen LogP contribution in [0.4, 0.5) is 0 Å². The zero-order valence-electron chi connectivity index (χ0n) is 9.63. The quantitative estimate of drug-likeness (QED) is 0.619. The van der Waals surface area contributed by atoms with Crippen LogP contribution in [-0.4, -0.2) is 34.3 Å². The van der Waals surface area contributed by atoms with E-state index in [2.05, 4.69) is 9.97 Å². The second-order valence-corrected chi connectivity index (χ2v) is 5.13. The van der Waals surface area contributed by atoms with Crippen LogP contribution in [-0.2, 0) is 9.53 Å². The fraction of sp³-hybridized carbons (Fsp3) is 0.545. The van der Waals surface area contributed by atoms with Crippen LogP contribution in [0, 0.1) is 5.92 Å². The van der Waals surface area contributed by atoms with Crippen LogP contribution in [0.3, 0.4) is 0 Å². The number of aromatic nitrogens is 2. The minimum Gasteiger partial charge on any atom is -0.468 e. The van der Waals surface area contributed by atoms with Gasteiger partial charge in [0.2, 0.25) is 0 Å². The third-order valence-corrected chi connectivity index (χ3v) is 4.00. The van der Waals surface area contributed by atoms with Crippen molar-refractivity contribution in [1.29, 1.82) is 0 Å². The number of hydrogen-bond acceptors (Lipinski definition) is 6. The fourth-order valence-electron chi connectivity index (χ4n) is 1.69. The van der Waals surface area contributed by atoms with Crippen LogP contribution in [0.25, 0.3) is 0 Å². The zero-order chi connectivity index (χ0) is 12.3. The summed E-state index contributed by atoms with van der Waals surface area (Å²) in [5.41, 5.74) is 5.27. The molecule has 2 rings (SSSR count). The van der Waals surface area contributed by atoms with E-state index in [-0.39, 0.29) is 11.9 Å². The molecule has 92 valence electrons. The lowest BCUT2D eigenvalue weighted by atomic mass is 9.97. The molecule has 1 atom stereocenters. The Kier molecular flexibility index (Phi) is 3.63. The van der Waals surface area contributed by atoms with Crippen molar-refractivity contribution in [3.05, 3.63) is 18.6 Å². The molecule has 0 saturated heterocycles. The van der Waals surface area contributed by atoms with Crippen LogP contribution in [0.5, 0.6) is 0 Å². The van der Waals surface area contributed by atoms with E-state index in [1.165, 1.54) is 18.9 Å². The van der Waals surface area contributed by atoms with Crippen molar-refractivity contribution in [3.8, 4) is 0 Å². The van der Waals surface area contributed by atoms with E-state index in [4.69, 9.17) is 10.5 Å². The molecule has 1 aromatic rings. The highest BCUT2D eigenvalue weighted by atomic mass is 32.2. The molecule has 0 aromatic carbocycles. The van der Waals surface area contributed by atoms with Crippen LogP contribution in [0.2, 0.25) is 0 Å². The standard InChI is InChI=1S/C11H15N3O2S/c1-16-10(15)11(12,8-2-3-8)7-17-9-6-13-4-5-14-9/h4-6,8H,2-3,7,12H2,1H3. The van der Waals surface area contributed by atoms with Gasteiger partial charge in [-0.2, -0.15) is 0 Å². The van der Waals surface area contributed by atoms with Crippen LogP contribution >= 0.6 is 11.8 Å². The number of hydrogen-bond donors (Lipinski definition) is 1. The Bertz CT molecular complexity index is 397. The van der Waals surface area contributed by atoms with Crippen molar-refractivity contribution in [2.24, 2.45) is 11.7 Å². The van der Waals surface area contributed by atoms with E-state index >= 15 is 0 Å². The molecule has 6 heteroatoms. The zero-order valence-corrected chi connectivity index (χ0v) is 10.4. The summed E-state index contributed by atoms with van der Waals surface area (Å²) in [5, 5.41) is 0.770. The molecule has 1 aromatic heterocycles. The SMILES string of the molecule is COC(=O)C(N)(CSc1cnccn1)C1CC1. The first-order valence-electron chi connectivity index (χ1n) is 5.43. The van der Waals surface area contributed by atoms with Gasteiger partial charge < -0.3 is 10.5 Å². The number of esters is 1. The van der Waals surface area contributed by atoms with Gasteiger partial charge >= 0.3 is 5.97 Å². The molecule has 0 aliphatic heterocycles. The second kappa shape index (κ2) is 5.01. The maximum absolute atomic E-state index is 11.7. The molecule has 17 heavy (non-hydrogen) atoms. The Hall–Kier alpha value is -1.14. The van der Waals surface area contributed by atoms with Crippen molar-refractivity contribution < 1.29 is 9.53 Å². The highest BCUT2D eigenvalue weighted by Crippen LogP contribution is 2.41. The van der Waals surface area contributed by atoms with E-state index < -0.39 is 5.54 Å². The summed E-state index contributed by atoms with van der Waals surface area (Å²) in [6, 6.07) is 0. The number of carbonyl (C=O) groups is 1. The summed E-state index contributed by atoms with van der Waals surface area (Å²) in [5.74, 6) is 0.374. The lowest BCUT2D eigenvalue weighted by Crippen LogP contribution is -2.53. The number of nitrogens with two attached hydrogens (primary N) is 1. The lowest BCUT2D eigenvalue weighted by Gasteiger charge is -2.25. The maximum atomic E-state index is 11.7. The van der Waals surface area contributed by atoms with Gasteiger partial charge in [0.15, 0.2) is 0 Å². The molecule has 1 fully saturated rings. The highest BCUT2D eigenvalue weighted by Gasteiger charge is 2.48. The molecule has 1 unspecified atom stereocenters. The smallest absolute Gasteiger partial charge is 0.327 e. The van der Waals surface area contributed by atoms with E-state index in [0.717, 1.165) is 17.9 Å². The number of methoxy groups -OCH3 is 1. The van der Waals surface area contributed by atoms with Crippen LogP contribution in [0.1, 0.15) is 12.8 Å². The largest absolute Gasteiger partial charge is 0.468 e. The Morgan fingerprint density at radius 2 is 2.41 bits per heavy atom. The first-order chi connectivity index (χ1) is 8.16. The summed E-state index contributed by atoms with van der Waals surface area (Å²) in [6.07, 6.45) is 6.88. The fourth-order valence-corrected chi connectivity index (χ4v) is 2.70.